The Morgan fingerprint density at radius 2 is 1.76 bits per heavy atom. The maximum absolute atomic E-state index is 13.4. The standard InChI is InChI=1S/C25H22ClFN4O2/c1-30-15-21(23(22(26)25(30)33)29-20-8-2-16(14-28)3-9-20)24(32)31-12-10-18(11-13-31)17-4-6-19(27)7-5-17/h2-9,15,18,29H,10-13H2,1H3. The maximum Gasteiger partial charge on any atom is 0.271 e. The minimum Gasteiger partial charge on any atom is -0.353 e. The van der Waals surface area contributed by atoms with Gasteiger partial charge in [0, 0.05) is 32.0 Å². The zero-order valence-electron chi connectivity index (χ0n) is 18.0. The first kappa shape index (κ1) is 22.6. The number of hydrogen-bond acceptors (Lipinski definition) is 4. The van der Waals surface area contributed by atoms with E-state index in [1.165, 1.54) is 22.9 Å². The Labute approximate surface area is 195 Å². The van der Waals surface area contributed by atoms with Crippen LogP contribution in [0.3, 0.4) is 0 Å². The first-order valence-electron chi connectivity index (χ1n) is 10.6. The van der Waals surface area contributed by atoms with Crippen molar-refractivity contribution in [3.63, 3.8) is 0 Å². The van der Waals surface area contributed by atoms with Crippen LogP contribution in [-0.4, -0.2) is 28.5 Å². The Morgan fingerprint density at radius 1 is 1.12 bits per heavy atom. The highest BCUT2D eigenvalue weighted by Crippen LogP contribution is 2.32. The third kappa shape index (κ3) is 4.76. The number of aryl methyl sites for hydroxylation is 1. The van der Waals surface area contributed by atoms with Gasteiger partial charge in [0.05, 0.1) is 22.9 Å². The number of pyridine rings is 1. The lowest BCUT2D eigenvalue weighted by atomic mass is 9.89. The average Bonchev–Trinajstić information content (AvgIpc) is 2.85. The molecule has 2 heterocycles. The molecule has 1 aliphatic heterocycles. The van der Waals surface area contributed by atoms with Crippen molar-refractivity contribution >= 4 is 28.9 Å². The van der Waals surface area contributed by atoms with Crippen molar-refractivity contribution in [3.05, 3.63) is 92.6 Å². The molecule has 0 atom stereocenters. The highest BCUT2D eigenvalue weighted by molar-refractivity contribution is 6.34. The third-order valence-electron chi connectivity index (χ3n) is 5.96. The van der Waals surface area contributed by atoms with Crippen LogP contribution in [0.25, 0.3) is 0 Å². The second-order valence-electron chi connectivity index (χ2n) is 8.08. The third-order valence-corrected chi connectivity index (χ3v) is 6.31. The molecule has 8 heteroatoms. The van der Waals surface area contributed by atoms with Crippen molar-refractivity contribution in [2.45, 2.75) is 18.8 Å². The molecule has 0 aliphatic carbocycles. The van der Waals surface area contributed by atoms with Crippen LogP contribution in [0.15, 0.2) is 59.5 Å². The predicted molar refractivity (Wildman–Crippen MR) is 125 cm³/mol. The number of nitrogens with zero attached hydrogens (tertiary/aromatic N) is 3. The molecule has 1 N–H and O–H groups in total. The molecule has 0 radical (unpaired) electrons. The van der Waals surface area contributed by atoms with Gasteiger partial charge in [0.25, 0.3) is 11.5 Å². The number of nitriles is 1. The monoisotopic (exact) mass is 464 g/mol. The normalized spacial score (nSPS) is 14.1. The number of benzene rings is 2. The van der Waals surface area contributed by atoms with Gasteiger partial charge in [-0.05, 0) is 60.7 Å². The minimum absolute atomic E-state index is 0.0751. The van der Waals surface area contributed by atoms with Crippen molar-refractivity contribution in [1.29, 1.82) is 5.26 Å². The van der Waals surface area contributed by atoms with E-state index in [2.05, 4.69) is 11.4 Å². The number of carbonyl (C=O) groups is 1. The zero-order chi connectivity index (χ0) is 23.5. The number of carbonyl (C=O) groups excluding carboxylic acids is 1. The largest absolute Gasteiger partial charge is 0.353 e. The van der Waals surface area contributed by atoms with Crippen LogP contribution in [0.5, 0.6) is 0 Å². The first-order valence-corrected chi connectivity index (χ1v) is 11.0. The first-order chi connectivity index (χ1) is 15.9. The van der Waals surface area contributed by atoms with Gasteiger partial charge in [-0.15, -0.1) is 0 Å². The Balaban J connectivity index is 1.57. The quantitative estimate of drug-likeness (QED) is 0.600. The molecule has 0 unspecified atom stereocenters. The minimum atomic E-state index is -0.417. The van der Waals surface area contributed by atoms with Gasteiger partial charge in [-0.25, -0.2) is 4.39 Å². The number of piperidine rings is 1. The van der Waals surface area contributed by atoms with E-state index < -0.39 is 5.56 Å². The number of hydrogen-bond donors (Lipinski definition) is 1. The molecule has 0 bridgehead atoms. The second-order valence-corrected chi connectivity index (χ2v) is 8.46. The fourth-order valence-electron chi connectivity index (χ4n) is 4.07. The summed E-state index contributed by atoms with van der Waals surface area (Å²) in [5.74, 6) is -0.226. The Kier molecular flexibility index (Phi) is 6.47. The number of anilines is 2. The van der Waals surface area contributed by atoms with Gasteiger partial charge in [0.2, 0.25) is 0 Å². The summed E-state index contributed by atoms with van der Waals surface area (Å²) in [6.07, 6.45) is 3.01. The number of rotatable bonds is 4. The molecule has 2 aromatic carbocycles. The van der Waals surface area contributed by atoms with E-state index in [4.69, 9.17) is 16.9 Å². The summed E-state index contributed by atoms with van der Waals surface area (Å²) in [6, 6.07) is 15.2. The van der Waals surface area contributed by atoms with Crippen LogP contribution in [0.1, 0.15) is 40.2 Å². The van der Waals surface area contributed by atoms with Crippen molar-refractivity contribution in [1.82, 2.24) is 9.47 Å². The lowest BCUT2D eigenvalue weighted by Gasteiger charge is -2.33. The number of likely N-dealkylation sites (tertiary alicyclic amines) is 1. The smallest absolute Gasteiger partial charge is 0.271 e. The van der Waals surface area contributed by atoms with Crippen LogP contribution in [0, 0.1) is 17.1 Å². The maximum atomic E-state index is 13.4. The van der Waals surface area contributed by atoms with Crippen molar-refractivity contribution < 1.29 is 9.18 Å². The molecule has 1 aliphatic rings. The summed E-state index contributed by atoms with van der Waals surface area (Å²) in [7, 11) is 1.55. The van der Waals surface area contributed by atoms with Crippen LogP contribution in [0.4, 0.5) is 15.8 Å². The lowest BCUT2D eigenvalue weighted by molar-refractivity contribution is 0.0713. The topological polar surface area (TPSA) is 78.1 Å². The van der Waals surface area contributed by atoms with E-state index in [1.807, 2.05) is 0 Å². The van der Waals surface area contributed by atoms with Crippen LogP contribution in [0.2, 0.25) is 5.02 Å². The van der Waals surface area contributed by atoms with E-state index >= 15 is 0 Å². The molecule has 6 nitrogen and oxygen atoms in total. The summed E-state index contributed by atoms with van der Waals surface area (Å²) in [5, 5.41) is 12.0. The molecule has 0 spiro atoms. The van der Waals surface area contributed by atoms with Gasteiger partial charge in [0.1, 0.15) is 10.8 Å². The molecule has 1 amide bonds. The summed E-state index contributed by atoms with van der Waals surface area (Å²) >= 11 is 6.36. The fourth-order valence-corrected chi connectivity index (χ4v) is 4.36. The van der Waals surface area contributed by atoms with Gasteiger partial charge in [-0.1, -0.05) is 23.7 Å². The van der Waals surface area contributed by atoms with Crippen molar-refractivity contribution in [2.24, 2.45) is 7.05 Å². The molecule has 3 aromatic rings. The fraction of sp³-hybridized carbons (Fsp3) is 0.240. The Bertz CT molecular complexity index is 1270. The molecular weight excluding hydrogens is 443 g/mol. The van der Waals surface area contributed by atoms with E-state index in [1.54, 1.807) is 48.3 Å². The Hall–Kier alpha value is -3.63. The van der Waals surface area contributed by atoms with Gasteiger partial charge in [-0.3, -0.25) is 9.59 Å². The van der Waals surface area contributed by atoms with Gasteiger partial charge in [0.15, 0.2) is 0 Å². The summed E-state index contributed by atoms with van der Waals surface area (Å²) in [5.41, 5.74) is 2.29. The molecule has 33 heavy (non-hydrogen) atoms. The highest BCUT2D eigenvalue weighted by atomic mass is 35.5. The molecule has 0 saturated carbocycles. The lowest BCUT2D eigenvalue weighted by Crippen LogP contribution is -2.39. The Morgan fingerprint density at radius 3 is 2.36 bits per heavy atom. The van der Waals surface area contributed by atoms with Crippen molar-refractivity contribution in [3.8, 4) is 6.07 Å². The average molecular weight is 465 g/mol. The van der Waals surface area contributed by atoms with Gasteiger partial charge < -0.3 is 14.8 Å². The number of amides is 1. The number of halogens is 2. The summed E-state index contributed by atoms with van der Waals surface area (Å²) in [4.78, 5) is 27.6. The molecule has 1 fully saturated rings. The number of nitrogens with one attached hydrogen (secondary N) is 1. The van der Waals surface area contributed by atoms with E-state index in [-0.39, 0.29) is 28.4 Å². The molecule has 1 saturated heterocycles. The molecule has 1 aromatic heterocycles. The van der Waals surface area contributed by atoms with Gasteiger partial charge >= 0.3 is 0 Å². The molecule has 4 rings (SSSR count). The SMILES string of the molecule is Cn1cc(C(=O)N2CCC(c3ccc(F)cc3)CC2)c(Nc2ccc(C#N)cc2)c(Cl)c1=O. The molecule has 168 valence electrons. The van der Waals surface area contributed by atoms with Crippen LogP contribution >= 0.6 is 11.6 Å². The van der Waals surface area contributed by atoms with Crippen LogP contribution in [-0.2, 0) is 7.05 Å². The highest BCUT2D eigenvalue weighted by Gasteiger charge is 2.28. The van der Waals surface area contributed by atoms with Gasteiger partial charge in [-0.2, -0.15) is 5.26 Å². The second kappa shape index (κ2) is 9.47. The van der Waals surface area contributed by atoms with Crippen LogP contribution < -0.4 is 10.9 Å². The van der Waals surface area contributed by atoms with E-state index in [0.717, 1.165) is 18.4 Å². The summed E-state index contributed by atoms with van der Waals surface area (Å²) < 4.78 is 14.5. The summed E-state index contributed by atoms with van der Waals surface area (Å²) in [6.45, 7) is 1.08. The molecular formula is C25H22ClFN4O2. The van der Waals surface area contributed by atoms with E-state index in [9.17, 15) is 14.0 Å². The van der Waals surface area contributed by atoms with Crippen molar-refractivity contribution in [2.75, 3.05) is 18.4 Å². The van der Waals surface area contributed by atoms with E-state index in [0.29, 0.717) is 29.9 Å². The predicted octanol–water partition coefficient (Wildman–Crippen LogP) is 4.81. The number of aromatic nitrogens is 1. The zero-order valence-corrected chi connectivity index (χ0v) is 18.8.